The van der Waals surface area contributed by atoms with Crippen molar-refractivity contribution < 1.29 is 19.0 Å². The van der Waals surface area contributed by atoms with Gasteiger partial charge in [0.2, 0.25) is 0 Å². The van der Waals surface area contributed by atoms with Crippen LogP contribution in [0.4, 0.5) is 10.3 Å². The number of aromatic nitrogens is 2. The van der Waals surface area contributed by atoms with Crippen LogP contribution in [0.1, 0.15) is 16.6 Å². The third-order valence-corrected chi connectivity index (χ3v) is 6.13. The van der Waals surface area contributed by atoms with E-state index in [1.54, 1.807) is 21.1 Å². The molecule has 30 heavy (non-hydrogen) atoms. The molecule has 7 nitrogen and oxygen atoms in total. The summed E-state index contributed by atoms with van der Waals surface area (Å²) in [5.41, 5.74) is 2.22. The molecular weight excluding hydrogens is 422 g/mol. The first-order valence-corrected chi connectivity index (χ1v) is 10.8. The highest BCUT2D eigenvalue weighted by atomic mass is 32.1. The lowest BCUT2D eigenvalue weighted by Crippen LogP contribution is -2.03. The van der Waals surface area contributed by atoms with E-state index in [0.29, 0.717) is 38.9 Å². The molecule has 4 aromatic rings. The molecule has 0 aliphatic carbocycles. The quantitative estimate of drug-likeness (QED) is 0.387. The molecule has 2 aromatic heterocycles. The molecule has 0 aliphatic rings. The van der Waals surface area contributed by atoms with Gasteiger partial charge in [-0.25, -0.2) is 14.8 Å². The van der Waals surface area contributed by atoms with E-state index in [4.69, 9.17) is 14.2 Å². The Morgan fingerprint density at radius 2 is 1.70 bits per heavy atom. The highest BCUT2D eigenvalue weighted by Crippen LogP contribution is 2.38. The summed E-state index contributed by atoms with van der Waals surface area (Å²) in [5.74, 6) is 0.873. The Morgan fingerprint density at radius 3 is 2.40 bits per heavy atom. The minimum Gasteiger partial charge on any atom is -0.493 e. The number of esters is 1. The molecule has 0 spiro atoms. The van der Waals surface area contributed by atoms with Crippen LogP contribution >= 0.6 is 22.7 Å². The van der Waals surface area contributed by atoms with Crippen molar-refractivity contribution in [1.29, 1.82) is 0 Å². The Balaban J connectivity index is 1.70. The number of carbonyl (C=O) groups is 1. The number of thiazole rings is 2. The Labute approximate surface area is 181 Å². The van der Waals surface area contributed by atoms with Gasteiger partial charge in [-0.05, 0) is 6.92 Å². The van der Waals surface area contributed by atoms with Crippen molar-refractivity contribution >= 4 is 49.1 Å². The molecule has 0 aliphatic heterocycles. The number of nitrogens with zero attached hydrogens (tertiary/aromatic N) is 2. The topological polar surface area (TPSA) is 82.6 Å². The van der Waals surface area contributed by atoms with Crippen LogP contribution in [0.3, 0.4) is 0 Å². The first kappa shape index (κ1) is 20.1. The summed E-state index contributed by atoms with van der Waals surface area (Å²) in [7, 11) is 3.19. The van der Waals surface area contributed by atoms with Crippen LogP contribution in [0, 0.1) is 0 Å². The second kappa shape index (κ2) is 8.68. The molecule has 0 saturated heterocycles. The number of nitrogens with one attached hydrogen (secondary N) is 1. The van der Waals surface area contributed by atoms with Crippen LogP contribution in [0.15, 0.2) is 42.5 Å². The number of ether oxygens (including phenoxy) is 3. The van der Waals surface area contributed by atoms with Gasteiger partial charge in [-0.15, -0.1) is 0 Å². The molecule has 0 radical (unpaired) electrons. The normalized spacial score (nSPS) is 10.8. The maximum Gasteiger partial charge on any atom is 0.350 e. The molecule has 154 valence electrons. The van der Waals surface area contributed by atoms with E-state index in [1.807, 2.05) is 42.5 Å². The predicted molar refractivity (Wildman–Crippen MR) is 120 cm³/mol. The van der Waals surface area contributed by atoms with E-state index < -0.39 is 0 Å². The van der Waals surface area contributed by atoms with Crippen LogP contribution in [-0.2, 0) is 4.74 Å². The molecular formula is C21H19N3O4S2. The number of rotatable bonds is 7. The zero-order valence-corrected chi connectivity index (χ0v) is 18.2. The van der Waals surface area contributed by atoms with Crippen molar-refractivity contribution in [2.45, 2.75) is 6.92 Å². The van der Waals surface area contributed by atoms with Gasteiger partial charge < -0.3 is 19.5 Å². The highest BCUT2D eigenvalue weighted by Gasteiger charge is 2.21. The van der Waals surface area contributed by atoms with Crippen molar-refractivity contribution in [2.75, 3.05) is 26.1 Å². The Morgan fingerprint density at radius 1 is 1.00 bits per heavy atom. The Hall–Kier alpha value is -3.17. The number of anilines is 2. The van der Waals surface area contributed by atoms with Crippen LogP contribution in [0.25, 0.3) is 21.5 Å². The first-order valence-electron chi connectivity index (χ1n) is 9.16. The maximum atomic E-state index is 12.5. The fourth-order valence-electron chi connectivity index (χ4n) is 2.90. The summed E-state index contributed by atoms with van der Waals surface area (Å²) in [6.07, 6.45) is 0. The molecule has 2 heterocycles. The van der Waals surface area contributed by atoms with Gasteiger partial charge in [-0.2, -0.15) is 0 Å². The van der Waals surface area contributed by atoms with Crippen LogP contribution < -0.4 is 14.8 Å². The average molecular weight is 442 g/mol. The van der Waals surface area contributed by atoms with Crippen molar-refractivity contribution in [3.63, 3.8) is 0 Å². The standard InChI is InChI=1S/C21H19N3O4S2/c1-4-28-19(25)18-17(12-8-6-5-7-9-12)23-21(30-18)24-20-22-13-10-14(26-2)15(27-3)11-16(13)29-20/h5-11H,4H2,1-3H3,(H,22,23,24). The van der Waals surface area contributed by atoms with E-state index in [2.05, 4.69) is 15.3 Å². The van der Waals surface area contributed by atoms with Gasteiger partial charge in [0.1, 0.15) is 4.88 Å². The molecule has 0 bridgehead atoms. The monoisotopic (exact) mass is 441 g/mol. The van der Waals surface area contributed by atoms with E-state index in [1.165, 1.54) is 22.7 Å². The molecule has 0 atom stereocenters. The van der Waals surface area contributed by atoms with E-state index in [9.17, 15) is 4.79 Å². The molecule has 4 rings (SSSR count). The van der Waals surface area contributed by atoms with Gasteiger partial charge in [0, 0.05) is 17.7 Å². The average Bonchev–Trinajstić information content (AvgIpc) is 3.36. The first-order chi connectivity index (χ1) is 14.6. The van der Waals surface area contributed by atoms with Crippen LogP contribution in [0.5, 0.6) is 11.5 Å². The second-order valence-electron chi connectivity index (χ2n) is 6.10. The largest absolute Gasteiger partial charge is 0.493 e. The lowest BCUT2D eigenvalue weighted by molar-refractivity contribution is 0.0532. The summed E-state index contributed by atoms with van der Waals surface area (Å²) in [6, 6.07) is 13.3. The van der Waals surface area contributed by atoms with Crippen molar-refractivity contribution in [3.8, 4) is 22.8 Å². The van der Waals surface area contributed by atoms with E-state index in [0.717, 1.165) is 15.8 Å². The summed E-state index contributed by atoms with van der Waals surface area (Å²) >= 11 is 2.71. The Kier molecular flexibility index (Phi) is 5.82. The predicted octanol–water partition coefficient (Wildman–Crippen LogP) is 5.36. The lowest BCUT2D eigenvalue weighted by Gasteiger charge is -2.05. The number of fused-ring (bicyclic) bond motifs is 1. The zero-order chi connectivity index (χ0) is 21.1. The number of carbonyl (C=O) groups excluding carboxylic acids is 1. The van der Waals surface area contributed by atoms with Crippen LogP contribution in [0.2, 0.25) is 0 Å². The van der Waals surface area contributed by atoms with E-state index in [-0.39, 0.29) is 5.97 Å². The highest BCUT2D eigenvalue weighted by molar-refractivity contribution is 7.23. The SMILES string of the molecule is CCOC(=O)c1sc(Nc2nc3cc(OC)c(OC)cc3s2)nc1-c1ccccc1. The number of methoxy groups -OCH3 is 2. The fraction of sp³-hybridized carbons (Fsp3) is 0.190. The van der Waals surface area contributed by atoms with Crippen molar-refractivity contribution in [2.24, 2.45) is 0 Å². The molecule has 9 heteroatoms. The molecule has 0 saturated carbocycles. The second-order valence-corrected chi connectivity index (χ2v) is 8.13. The van der Waals surface area contributed by atoms with Gasteiger partial charge in [0.15, 0.2) is 21.8 Å². The van der Waals surface area contributed by atoms with Gasteiger partial charge in [-0.1, -0.05) is 53.0 Å². The molecule has 0 amide bonds. The fourth-order valence-corrected chi connectivity index (χ4v) is 4.72. The molecule has 0 fully saturated rings. The molecule has 1 N–H and O–H groups in total. The third-order valence-electron chi connectivity index (χ3n) is 4.24. The molecule has 0 unspecified atom stereocenters. The number of hydrogen-bond acceptors (Lipinski definition) is 9. The number of hydrogen-bond donors (Lipinski definition) is 1. The van der Waals surface area contributed by atoms with Gasteiger partial charge in [0.25, 0.3) is 0 Å². The summed E-state index contributed by atoms with van der Waals surface area (Å²) in [5, 5.41) is 4.44. The van der Waals surface area contributed by atoms with Crippen LogP contribution in [-0.4, -0.2) is 36.8 Å². The summed E-state index contributed by atoms with van der Waals surface area (Å²) in [4.78, 5) is 22.2. The third kappa shape index (κ3) is 3.94. The van der Waals surface area contributed by atoms with Crippen molar-refractivity contribution in [1.82, 2.24) is 9.97 Å². The Bertz CT molecular complexity index is 1150. The minimum absolute atomic E-state index is 0.301. The minimum atomic E-state index is -0.388. The smallest absolute Gasteiger partial charge is 0.350 e. The van der Waals surface area contributed by atoms with Gasteiger partial charge >= 0.3 is 5.97 Å². The lowest BCUT2D eigenvalue weighted by atomic mass is 10.1. The summed E-state index contributed by atoms with van der Waals surface area (Å²) < 4.78 is 16.9. The summed E-state index contributed by atoms with van der Waals surface area (Å²) in [6.45, 7) is 2.08. The maximum absolute atomic E-state index is 12.5. The number of benzene rings is 2. The van der Waals surface area contributed by atoms with Gasteiger partial charge in [0.05, 0.1) is 36.7 Å². The van der Waals surface area contributed by atoms with E-state index >= 15 is 0 Å². The van der Waals surface area contributed by atoms with Crippen molar-refractivity contribution in [3.05, 3.63) is 47.3 Å². The molecule has 2 aromatic carbocycles. The zero-order valence-electron chi connectivity index (χ0n) is 16.6. The van der Waals surface area contributed by atoms with Gasteiger partial charge in [-0.3, -0.25) is 0 Å².